The number of hydrogen-bond acceptors (Lipinski definition) is 4. The molecule has 1 unspecified atom stereocenters. The molecule has 0 aliphatic carbocycles. The normalized spacial score (nSPS) is 19.5. The fraction of sp³-hybridized carbons (Fsp3) is 0.462. The number of carbonyl (C=O) groups is 1. The summed E-state index contributed by atoms with van der Waals surface area (Å²) >= 11 is 0. The summed E-state index contributed by atoms with van der Waals surface area (Å²) in [4.78, 5) is 14.9. The lowest BCUT2D eigenvalue weighted by molar-refractivity contribution is -0.129. The van der Waals surface area contributed by atoms with Crippen molar-refractivity contribution >= 4 is 11.7 Å². The Balaban J connectivity index is 1.99. The molecule has 0 bridgehead atoms. The smallest absolute Gasteiger partial charge is 0.352 e. The van der Waals surface area contributed by atoms with E-state index < -0.39 is 5.97 Å². The van der Waals surface area contributed by atoms with Gasteiger partial charge in [0.15, 0.2) is 0 Å². The molecule has 0 spiro atoms. The van der Waals surface area contributed by atoms with Gasteiger partial charge in [-0.15, -0.1) is 0 Å². The number of nitrogens with zero attached hydrogens (tertiary/aromatic N) is 3. The van der Waals surface area contributed by atoms with E-state index in [1.54, 1.807) is 12.4 Å². The molecule has 2 rings (SSSR count). The SMILES string of the molecule is CC1CCC(C(=O)O)=NN1CCc1ccncc1. The zero-order chi connectivity index (χ0) is 13.0. The number of pyridine rings is 1. The molecule has 0 amide bonds. The Morgan fingerprint density at radius 2 is 2.22 bits per heavy atom. The van der Waals surface area contributed by atoms with E-state index in [2.05, 4.69) is 17.0 Å². The van der Waals surface area contributed by atoms with Gasteiger partial charge >= 0.3 is 5.97 Å². The van der Waals surface area contributed by atoms with Crippen molar-refractivity contribution < 1.29 is 9.90 Å². The number of aromatic nitrogens is 1. The summed E-state index contributed by atoms with van der Waals surface area (Å²) in [5.74, 6) is -0.907. The number of hydrazone groups is 1. The molecule has 1 aromatic rings. The van der Waals surface area contributed by atoms with E-state index in [0.29, 0.717) is 12.5 Å². The Hall–Kier alpha value is -1.91. The third-order valence-electron chi connectivity index (χ3n) is 3.18. The van der Waals surface area contributed by atoms with Crippen molar-refractivity contribution in [2.24, 2.45) is 5.10 Å². The number of carboxylic acid groups (broad SMARTS) is 1. The molecule has 0 fully saturated rings. The Bertz CT molecular complexity index is 445. The van der Waals surface area contributed by atoms with Crippen LogP contribution in [0.3, 0.4) is 0 Å². The lowest BCUT2D eigenvalue weighted by atomic mass is 10.1. The highest BCUT2D eigenvalue weighted by Gasteiger charge is 2.22. The van der Waals surface area contributed by atoms with Crippen LogP contribution >= 0.6 is 0 Å². The van der Waals surface area contributed by atoms with E-state index in [1.165, 1.54) is 5.56 Å². The lowest BCUT2D eigenvalue weighted by Crippen LogP contribution is -2.37. The molecule has 1 aromatic heterocycles. The Labute approximate surface area is 106 Å². The van der Waals surface area contributed by atoms with Crippen molar-refractivity contribution in [3.05, 3.63) is 30.1 Å². The molecule has 5 heteroatoms. The van der Waals surface area contributed by atoms with Gasteiger partial charge < -0.3 is 5.11 Å². The number of hydrogen-bond donors (Lipinski definition) is 1. The van der Waals surface area contributed by atoms with Gasteiger partial charge in [0.2, 0.25) is 0 Å². The van der Waals surface area contributed by atoms with Gasteiger partial charge in [-0.25, -0.2) is 4.79 Å². The second-order valence-corrected chi connectivity index (χ2v) is 4.51. The first-order valence-electron chi connectivity index (χ1n) is 6.13. The van der Waals surface area contributed by atoms with Gasteiger partial charge in [0.1, 0.15) is 5.71 Å². The zero-order valence-corrected chi connectivity index (χ0v) is 10.4. The molecule has 1 N–H and O–H groups in total. The predicted octanol–water partition coefficient (Wildman–Crippen LogP) is 1.55. The van der Waals surface area contributed by atoms with Crippen LogP contribution in [-0.2, 0) is 11.2 Å². The summed E-state index contributed by atoms with van der Waals surface area (Å²) in [7, 11) is 0. The first-order chi connectivity index (χ1) is 8.66. The summed E-state index contributed by atoms with van der Waals surface area (Å²) < 4.78 is 0. The van der Waals surface area contributed by atoms with Crippen LogP contribution in [0.4, 0.5) is 0 Å². The van der Waals surface area contributed by atoms with Crippen molar-refractivity contribution in [3.8, 4) is 0 Å². The van der Waals surface area contributed by atoms with Gasteiger partial charge in [-0.3, -0.25) is 9.99 Å². The van der Waals surface area contributed by atoms with E-state index in [0.717, 1.165) is 19.4 Å². The second-order valence-electron chi connectivity index (χ2n) is 4.51. The fourth-order valence-electron chi connectivity index (χ4n) is 2.01. The number of carboxylic acids is 1. The third kappa shape index (κ3) is 3.06. The molecule has 96 valence electrons. The maximum Gasteiger partial charge on any atom is 0.352 e. The zero-order valence-electron chi connectivity index (χ0n) is 10.4. The van der Waals surface area contributed by atoms with Crippen molar-refractivity contribution in [1.82, 2.24) is 9.99 Å². The highest BCUT2D eigenvalue weighted by Crippen LogP contribution is 2.16. The molecule has 1 aliphatic rings. The molecule has 1 aliphatic heterocycles. The van der Waals surface area contributed by atoms with Crippen LogP contribution in [0.2, 0.25) is 0 Å². The van der Waals surface area contributed by atoms with E-state index in [9.17, 15) is 4.79 Å². The minimum absolute atomic E-state index is 0.267. The molecule has 0 saturated heterocycles. The quantitative estimate of drug-likeness (QED) is 0.876. The molecule has 1 atom stereocenters. The highest BCUT2D eigenvalue weighted by molar-refractivity contribution is 6.35. The Kier molecular flexibility index (Phi) is 3.92. The molecular formula is C13H17N3O2. The number of aliphatic carboxylic acids is 1. The largest absolute Gasteiger partial charge is 0.477 e. The monoisotopic (exact) mass is 247 g/mol. The molecular weight excluding hydrogens is 230 g/mol. The Morgan fingerprint density at radius 1 is 1.50 bits per heavy atom. The first-order valence-corrected chi connectivity index (χ1v) is 6.13. The van der Waals surface area contributed by atoms with Crippen molar-refractivity contribution in [3.63, 3.8) is 0 Å². The standard InChI is InChI=1S/C13H17N3O2/c1-10-2-3-12(13(17)18)15-16(10)9-6-11-4-7-14-8-5-11/h4-5,7-8,10H,2-3,6,9H2,1H3,(H,17,18). The minimum Gasteiger partial charge on any atom is -0.477 e. The molecule has 0 aromatic carbocycles. The van der Waals surface area contributed by atoms with Gasteiger partial charge in [-0.1, -0.05) is 0 Å². The molecule has 2 heterocycles. The maximum absolute atomic E-state index is 10.9. The fourth-order valence-corrected chi connectivity index (χ4v) is 2.01. The first kappa shape index (κ1) is 12.5. The van der Waals surface area contributed by atoms with Crippen molar-refractivity contribution in [1.29, 1.82) is 0 Å². The Morgan fingerprint density at radius 3 is 2.89 bits per heavy atom. The molecule has 0 radical (unpaired) electrons. The summed E-state index contributed by atoms with van der Waals surface area (Å²) in [6, 6.07) is 4.24. The molecule has 0 saturated carbocycles. The van der Waals surface area contributed by atoms with E-state index in [4.69, 9.17) is 5.11 Å². The third-order valence-corrected chi connectivity index (χ3v) is 3.18. The summed E-state index contributed by atoms with van der Waals surface area (Å²) in [6.45, 7) is 2.82. The van der Waals surface area contributed by atoms with Crippen LogP contribution in [0.5, 0.6) is 0 Å². The number of rotatable bonds is 4. The van der Waals surface area contributed by atoms with Crippen LogP contribution in [0.15, 0.2) is 29.6 Å². The van der Waals surface area contributed by atoms with Crippen molar-refractivity contribution in [2.45, 2.75) is 32.2 Å². The van der Waals surface area contributed by atoms with Gasteiger partial charge in [0, 0.05) is 31.4 Å². The van der Waals surface area contributed by atoms with Crippen LogP contribution < -0.4 is 0 Å². The molecule has 18 heavy (non-hydrogen) atoms. The van der Waals surface area contributed by atoms with Gasteiger partial charge in [-0.05, 0) is 37.5 Å². The van der Waals surface area contributed by atoms with Crippen LogP contribution in [0.1, 0.15) is 25.3 Å². The predicted molar refractivity (Wildman–Crippen MR) is 68.4 cm³/mol. The van der Waals surface area contributed by atoms with E-state index in [1.807, 2.05) is 17.1 Å². The lowest BCUT2D eigenvalue weighted by Gasteiger charge is -2.30. The molecule has 5 nitrogen and oxygen atoms in total. The van der Waals surface area contributed by atoms with Crippen molar-refractivity contribution in [2.75, 3.05) is 6.54 Å². The van der Waals surface area contributed by atoms with Gasteiger partial charge in [0.05, 0.1) is 0 Å². The van der Waals surface area contributed by atoms with E-state index in [-0.39, 0.29) is 5.71 Å². The summed E-state index contributed by atoms with van der Waals surface area (Å²) in [6.07, 6.45) is 5.79. The second kappa shape index (κ2) is 5.62. The summed E-state index contributed by atoms with van der Waals surface area (Å²) in [5.41, 5.74) is 1.46. The van der Waals surface area contributed by atoms with E-state index >= 15 is 0 Å². The maximum atomic E-state index is 10.9. The van der Waals surface area contributed by atoms with Crippen LogP contribution in [-0.4, -0.2) is 39.4 Å². The average molecular weight is 247 g/mol. The average Bonchev–Trinajstić information content (AvgIpc) is 2.38. The van der Waals surface area contributed by atoms with Crippen LogP contribution in [0.25, 0.3) is 0 Å². The highest BCUT2D eigenvalue weighted by atomic mass is 16.4. The minimum atomic E-state index is -0.907. The van der Waals surface area contributed by atoms with Gasteiger partial charge in [-0.2, -0.15) is 5.10 Å². The van der Waals surface area contributed by atoms with Gasteiger partial charge in [0.25, 0.3) is 0 Å². The summed E-state index contributed by atoms with van der Waals surface area (Å²) in [5, 5.41) is 15.1. The topological polar surface area (TPSA) is 65.8 Å². The van der Waals surface area contributed by atoms with Crippen LogP contribution in [0, 0.1) is 0 Å².